The maximum absolute atomic E-state index is 13.5. The molecule has 0 aliphatic rings. The molecule has 0 aliphatic heterocycles. The minimum absolute atomic E-state index is 0.0496. The molecule has 19 heavy (non-hydrogen) atoms. The van der Waals surface area contributed by atoms with Crippen LogP contribution in [0.5, 0.6) is 0 Å². The molecule has 0 radical (unpaired) electrons. The Labute approximate surface area is 110 Å². The lowest BCUT2D eigenvalue weighted by Gasteiger charge is -2.13. The summed E-state index contributed by atoms with van der Waals surface area (Å²) in [4.78, 5) is -0.811. The number of nitrogens with one attached hydrogen (secondary N) is 1. The summed E-state index contributed by atoms with van der Waals surface area (Å²) in [6.45, 7) is 3.79. The van der Waals surface area contributed by atoms with E-state index in [1.807, 2.05) is 0 Å². The zero-order valence-corrected chi connectivity index (χ0v) is 11.4. The molecule has 0 fully saturated rings. The molecule has 0 spiro atoms. The number of ether oxygens (including phenoxy) is 1. The molecule has 1 aromatic rings. The Kier molecular flexibility index (Phi) is 5.21. The van der Waals surface area contributed by atoms with E-state index < -0.39 is 26.6 Å². The average molecular weight is 294 g/mol. The van der Waals surface area contributed by atoms with E-state index in [-0.39, 0.29) is 18.3 Å². The van der Waals surface area contributed by atoms with Gasteiger partial charge in [-0.3, -0.25) is 0 Å². The summed E-state index contributed by atoms with van der Waals surface area (Å²) in [6, 6.07) is 1.59. The quantitative estimate of drug-likeness (QED) is 0.774. The van der Waals surface area contributed by atoms with Crippen molar-refractivity contribution in [2.45, 2.75) is 24.8 Å². The first-order chi connectivity index (χ1) is 8.77. The predicted molar refractivity (Wildman–Crippen MR) is 67.0 cm³/mol. The van der Waals surface area contributed by atoms with Gasteiger partial charge >= 0.3 is 0 Å². The molecule has 0 aliphatic carbocycles. The molecule has 0 bridgehead atoms. The summed E-state index contributed by atoms with van der Waals surface area (Å²) in [5.41, 5.74) is 5.14. The SMILES string of the molecule is CCOC(C)CNS(=O)(=O)c1cc(N)cc(F)c1F. The summed E-state index contributed by atoms with van der Waals surface area (Å²) in [5, 5.41) is 0. The molecule has 1 aromatic carbocycles. The van der Waals surface area contributed by atoms with Crippen LogP contribution < -0.4 is 10.5 Å². The van der Waals surface area contributed by atoms with Crippen LogP contribution in [0.1, 0.15) is 13.8 Å². The van der Waals surface area contributed by atoms with E-state index in [2.05, 4.69) is 4.72 Å². The standard InChI is InChI=1S/C11H16F2N2O3S/c1-3-18-7(2)6-15-19(16,17)10-5-8(14)4-9(12)11(10)13/h4-5,7,15H,3,6,14H2,1-2H3. The number of nitrogen functional groups attached to an aromatic ring is 1. The molecule has 0 aromatic heterocycles. The summed E-state index contributed by atoms with van der Waals surface area (Å²) >= 11 is 0. The van der Waals surface area contributed by atoms with Gasteiger partial charge in [0.15, 0.2) is 11.6 Å². The Balaban J connectivity index is 2.95. The highest BCUT2D eigenvalue weighted by Gasteiger charge is 2.23. The lowest BCUT2D eigenvalue weighted by Crippen LogP contribution is -2.32. The third-order valence-corrected chi connectivity index (χ3v) is 3.74. The van der Waals surface area contributed by atoms with Gasteiger partial charge in [0, 0.05) is 18.8 Å². The summed E-state index contributed by atoms with van der Waals surface area (Å²) in [6.07, 6.45) is -0.381. The van der Waals surface area contributed by atoms with Crippen LogP contribution in [0.3, 0.4) is 0 Å². The van der Waals surface area contributed by atoms with E-state index >= 15 is 0 Å². The van der Waals surface area contributed by atoms with Crippen molar-refractivity contribution >= 4 is 15.7 Å². The molecule has 3 N–H and O–H groups in total. The molecular formula is C11H16F2N2O3S. The number of nitrogens with two attached hydrogens (primary N) is 1. The second-order valence-corrected chi connectivity index (χ2v) is 5.67. The van der Waals surface area contributed by atoms with Gasteiger partial charge in [0.25, 0.3) is 0 Å². The number of sulfonamides is 1. The van der Waals surface area contributed by atoms with Crippen molar-refractivity contribution in [3.63, 3.8) is 0 Å². The fourth-order valence-electron chi connectivity index (χ4n) is 1.43. The molecule has 108 valence electrons. The van der Waals surface area contributed by atoms with Crippen molar-refractivity contribution in [1.29, 1.82) is 0 Å². The van der Waals surface area contributed by atoms with Crippen LogP contribution in [0.2, 0.25) is 0 Å². The smallest absolute Gasteiger partial charge is 0.243 e. The summed E-state index contributed by atoms with van der Waals surface area (Å²) in [7, 11) is -4.17. The molecule has 5 nitrogen and oxygen atoms in total. The lowest BCUT2D eigenvalue weighted by atomic mass is 10.3. The molecule has 1 rings (SSSR count). The van der Waals surface area contributed by atoms with Crippen LogP contribution in [-0.2, 0) is 14.8 Å². The predicted octanol–water partition coefficient (Wildman–Crippen LogP) is 1.25. The molecule has 1 atom stereocenters. The van der Waals surface area contributed by atoms with Gasteiger partial charge in [-0.15, -0.1) is 0 Å². The van der Waals surface area contributed by atoms with Crippen LogP contribution in [0.15, 0.2) is 17.0 Å². The van der Waals surface area contributed by atoms with Crippen molar-refractivity contribution in [2.75, 3.05) is 18.9 Å². The van der Waals surface area contributed by atoms with Crippen LogP contribution in [0.25, 0.3) is 0 Å². The normalized spacial score (nSPS) is 13.5. The van der Waals surface area contributed by atoms with Crippen molar-refractivity contribution in [1.82, 2.24) is 4.72 Å². The van der Waals surface area contributed by atoms with E-state index in [1.165, 1.54) is 0 Å². The van der Waals surface area contributed by atoms with Crippen LogP contribution >= 0.6 is 0 Å². The number of halogens is 2. The average Bonchev–Trinajstić information content (AvgIpc) is 2.31. The van der Waals surface area contributed by atoms with E-state index in [0.29, 0.717) is 6.61 Å². The summed E-state index contributed by atoms with van der Waals surface area (Å²) in [5.74, 6) is -2.76. The van der Waals surface area contributed by atoms with Gasteiger partial charge in [0.1, 0.15) is 4.90 Å². The molecule has 0 amide bonds. The Hall–Kier alpha value is -1.25. The van der Waals surface area contributed by atoms with Gasteiger partial charge in [-0.05, 0) is 26.0 Å². The number of hydrogen-bond acceptors (Lipinski definition) is 4. The third kappa shape index (κ3) is 4.12. The largest absolute Gasteiger partial charge is 0.399 e. The van der Waals surface area contributed by atoms with Crippen LogP contribution in [0.4, 0.5) is 14.5 Å². The van der Waals surface area contributed by atoms with Gasteiger partial charge in [-0.2, -0.15) is 0 Å². The second kappa shape index (κ2) is 6.27. The van der Waals surface area contributed by atoms with E-state index in [9.17, 15) is 17.2 Å². The number of anilines is 1. The fourth-order valence-corrected chi connectivity index (χ4v) is 2.66. The highest BCUT2D eigenvalue weighted by atomic mass is 32.2. The summed E-state index contributed by atoms with van der Waals surface area (Å²) < 4.78 is 57.5. The molecule has 0 heterocycles. The Morgan fingerprint density at radius 2 is 2.05 bits per heavy atom. The first-order valence-electron chi connectivity index (χ1n) is 5.63. The van der Waals surface area contributed by atoms with Gasteiger partial charge in [-0.25, -0.2) is 21.9 Å². The molecule has 0 saturated carbocycles. The van der Waals surface area contributed by atoms with Crippen LogP contribution in [-0.4, -0.2) is 27.7 Å². The molecule has 0 saturated heterocycles. The Morgan fingerprint density at radius 1 is 1.42 bits per heavy atom. The van der Waals surface area contributed by atoms with Gasteiger partial charge in [-0.1, -0.05) is 0 Å². The van der Waals surface area contributed by atoms with Gasteiger partial charge in [0.2, 0.25) is 10.0 Å². The minimum Gasteiger partial charge on any atom is -0.399 e. The molecule has 1 unspecified atom stereocenters. The Bertz CT molecular complexity index is 549. The molecule has 8 heteroatoms. The highest BCUT2D eigenvalue weighted by Crippen LogP contribution is 2.20. The first-order valence-corrected chi connectivity index (χ1v) is 7.12. The first kappa shape index (κ1) is 15.8. The van der Waals surface area contributed by atoms with Crippen molar-refractivity contribution in [3.8, 4) is 0 Å². The number of hydrogen-bond donors (Lipinski definition) is 2. The van der Waals surface area contributed by atoms with E-state index in [4.69, 9.17) is 10.5 Å². The topological polar surface area (TPSA) is 81.4 Å². The fraction of sp³-hybridized carbons (Fsp3) is 0.455. The zero-order chi connectivity index (χ0) is 14.6. The minimum atomic E-state index is -4.17. The number of benzene rings is 1. The van der Waals surface area contributed by atoms with E-state index in [0.717, 1.165) is 12.1 Å². The maximum Gasteiger partial charge on any atom is 0.243 e. The molecular weight excluding hydrogens is 278 g/mol. The van der Waals surface area contributed by atoms with E-state index in [1.54, 1.807) is 13.8 Å². The van der Waals surface area contributed by atoms with Crippen molar-refractivity contribution in [2.24, 2.45) is 0 Å². The van der Waals surface area contributed by atoms with Crippen LogP contribution in [0, 0.1) is 11.6 Å². The third-order valence-electron chi connectivity index (χ3n) is 2.32. The Morgan fingerprint density at radius 3 is 2.63 bits per heavy atom. The maximum atomic E-state index is 13.5. The lowest BCUT2D eigenvalue weighted by molar-refractivity contribution is 0.0799. The monoisotopic (exact) mass is 294 g/mol. The number of rotatable bonds is 6. The zero-order valence-electron chi connectivity index (χ0n) is 10.6. The van der Waals surface area contributed by atoms with Gasteiger partial charge in [0.05, 0.1) is 6.10 Å². The van der Waals surface area contributed by atoms with Crippen molar-refractivity contribution in [3.05, 3.63) is 23.8 Å². The highest BCUT2D eigenvalue weighted by molar-refractivity contribution is 7.89. The van der Waals surface area contributed by atoms with Gasteiger partial charge < -0.3 is 10.5 Å². The van der Waals surface area contributed by atoms with Crippen molar-refractivity contribution < 1.29 is 21.9 Å². The second-order valence-electron chi connectivity index (χ2n) is 3.93.